The Hall–Kier alpha value is -3.22. The van der Waals surface area contributed by atoms with E-state index in [0.717, 1.165) is 18.7 Å². The van der Waals surface area contributed by atoms with Gasteiger partial charge < -0.3 is 25.4 Å². The van der Waals surface area contributed by atoms with Crippen LogP contribution in [0, 0.1) is 0 Å². The number of aliphatic imine (C=N–C) groups is 1. The van der Waals surface area contributed by atoms with E-state index in [0.29, 0.717) is 36.9 Å². The maximum absolute atomic E-state index is 12.2. The van der Waals surface area contributed by atoms with Crippen LogP contribution < -0.4 is 25.4 Å². The van der Waals surface area contributed by atoms with Crippen molar-refractivity contribution < 1.29 is 14.3 Å². The van der Waals surface area contributed by atoms with Crippen molar-refractivity contribution in [3.8, 4) is 11.5 Å². The Labute approximate surface area is 171 Å². The summed E-state index contributed by atoms with van der Waals surface area (Å²) in [5.41, 5.74) is 1.80. The number of para-hydroxylation sites is 1. The molecule has 3 rings (SSSR count). The molecule has 1 unspecified atom stereocenters. The van der Waals surface area contributed by atoms with Gasteiger partial charge in [0.15, 0.2) is 5.96 Å². The third-order valence-corrected chi connectivity index (χ3v) is 4.55. The van der Waals surface area contributed by atoms with Crippen LogP contribution >= 0.6 is 0 Å². The largest absolute Gasteiger partial charge is 0.497 e. The van der Waals surface area contributed by atoms with Gasteiger partial charge in [-0.15, -0.1) is 0 Å². The van der Waals surface area contributed by atoms with Crippen molar-refractivity contribution in [3.63, 3.8) is 0 Å². The maximum Gasteiger partial charge on any atom is 0.251 e. The average Bonchev–Trinajstić information content (AvgIpc) is 3.17. The van der Waals surface area contributed by atoms with Gasteiger partial charge in [0, 0.05) is 31.6 Å². The van der Waals surface area contributed by atoms with E-state index in [1.807, 2.05) is 31.2 Å². The molecule has 7 heteroatoms. The molecule has 0 fully saturated rings. The minimum atomic E-state index is -0.134. The predicted molar refractivity (Wildman–Crippen MR) is 114 cm³/mol. The van der Waals surface area contributed by atoms with E-state index in [4.69, 9.17) is 9.47 Å². The molecule has 154 valence electrons. The summed E-state index contributed by atoms with van der Waals surface area (Å²) in [6.07, 6.45) is 0.922. The first kappa shape index (κ1) is 20.5. The van der Waals surface area contributed by atoms with Crippen LogP contribution in [-0.2, 0) is 6.42 Å². The quantitative estimate of drug-likeness (QED) is 0.361. The van der Waals surface area contributed by atoms with Gasteiger partial charge in [-0.25, -0.2) is 4.99 Å². The lowest BCUT2D eigenvalue weighted by atomic mass is 10.1. The van der Waals surface area contributed by atoms with Crippen LogP contribution in [0.2, 0.25) is 0 Å². The van der Waals surface area contributed by atoms with E-state index in [9.17, 15) is 4.79 Å². The number of hydrogen-bond donors (Lipinski definition) is 3. The van der Waals surface area contributed by atoms with Gasteiger partial charge >= 0.3 is 0 Å². The van der Waals surface area contributed by atoms with Crippen molar-refractivity contribution in [2.45, 2.75) is 19.4 Å². The number of ether oxygens (including phenoxy) is 2. The monoisotopic (exact) mass is 396 g/mol. The number of methoxy groups -OCH3 is 1. The molecule has 1 heterocycles. The maximum atomic E-state index is 12.2. The van der Waals surface area contributed by atoms with Crippen LogP contribution in [0.4, 0.5) is 0 Å². The average molecular weight is 396 g/mol. The molecule has 7 nitrogen and oxygen atoms in total. The number of nitrogens with one attached hydrogen (secondary N) is 3. The number of carbonyl (C=O) groups excluding carboxylic acids is 1. The fraction of sp³-hybridized carbons (Fsp3) is 0.364. The summed E-state index contributed by atoms with van der Waals surface area (Å²) in [6.45, 7) is 4.39. The molecule has 0 spiro atoms. The first-order chi connectivity index (χ1) is 14.2. The normalized spacial score (nSPS) is 15.2. The van der Waals surface area contributed by atoms with Gasteiger partial charge in [0.2, 0.25) is 0 Å². The highest BCUT2D eigenvalue weighted by molar-refractivity contribution is 5.94. The lowest BCUT2D eigenvalue weighted by Gasteiger charge is -2.13. The molecule has 0 aliphatic carbocycles. The van der Waals surface area contributed by atoms with Crippen molar-refractivity contribution in [1.82, 2.24) is 16.0 Å². The molecule has 1 atom stereocenters. The third-order valence-electron chi connectivity index (χ3n) is 4.55. The highest BCUT2D eigenvalue weighted by Gasteiger charge is 2.21. The number of rotatable bonds is 8. The number of carbonyl (C=O) groups is 1. The van der Waals surface area contributed by atoms with Crippen LogP contribution in [-0.4, -0.2) is 51.3 Å². The highest BCUT2D eigenvalue weighted by atomic mass is 16.5. The molecule has 1 aliphatic rings. The number of hydrogen-bond acceptors (Lipinski definition) is 4. The van der Waals surface area contributed by atoms with Gasteiger partial charge in [0.1, 0.15) is 17.6 Å². The van der Waals surface area contributed by atoms with Crippen molar-refractivity contribution in [2.75, 3.05) is 33.3 Å². The summed E-state index contributed by atoms with van der Waals surface area (Å²) in [7, 11) is 1.58. The lowest BCUT2D eigenvalue weighted by Crippen LogP contribution is -2.42. The Morgan fingerprint density at radius 3 is 2.76 bits per heavy atom. The molecule has 3 N–H and O–H groups in total. The molecular weight excluding hydrogens is 368 g/mol. The van der Waals surface area contributed by atoms with Crippen molar-refractivity contribution in [2.24, 2.45) is 4.99 Å². The molecule has 1 aliphatic heterocycles. The van der Waals surface area contributed by atoms with Gasteiger partial charge in [-0.2, -0.15) is 0 Å². The Kier molecular flexibility index (Phi) is 7.33. The molecule has 2 aromatic carbocycles. The van der Waals surface area contributed by atoms with Crippen molar-refractivity contribution >= 4 is 11.9 Å². The molecule has 0 saturated heterocycles. The minimum absolute atomic E-state index is 0.0515. The molecular formula is C22H28N4O3. The standard InChI is InChI=1S/C22H28N4O3/c1-3-23-22(26-15-19-13-16-7-4-5-10-20(16)29-19)25-12-11-24-21(27)17-8-6-9-18(14-17)28-2/h4-10,14,19H,3,11-13,15H2,1-2H3,(H,24,27)(H2,23,25,26). The molecule has 0 radical (unpaired) electrons. The zero-order valence-electron chi connectivity index (χ0n) is 16.9. The Balaban J connectivity index is 1.43. The first-order valence-corrected chi connectivity index (χ1v) is 9.88. The lowest BCUT2D eigenvalue weighted by molar-refractivity contribution is 0.0954. The molecule has 1 amide bonds. The smallest absolute Gasteiger partial charge is 0.251 e. The van der Waals surface area contributed by atoms with Crippen LogP contribution in [0.3, 0.4) is 0 Å². The van der Waals surface area contributed by atoms with E-state index in [1.54, 1.807) is 25.3 Å². The van der Waals surface area contributed by atoms with Gasteiger partial charge in [0.05, 0.1) is 13.7 Å². The minimum Gasteiger partial charge on any atom is -0.497 e. The van der Waals surface area contributed by atoms with Crippen LogP contribution in [0.15, 0.2) is 53.5 Å². The zero-order valence-corrected chi connectivity index (χ0v) is 16.9. The van der Waals surface area contributed by atoms with E-state index in [2.05, 4.69) is 27.0 Å². The third kappa shape index (κ3) is 5.88. The second kappa shape index (κ2) is 10.4. The summed E-state index contributed by atoms with van der Waals surface area (Å²) in [5.74, 6) is 2.19. The van der Waals surface area contributed by atoms with Gasteiger partial charge in [-0.1, -0.05) is 24.3 Å². The van der Waals surface area contributed by atoms with E-state index in [-0.39, 0.29) is 12.0 Å². The van der Waals surface area contributed by atoms with Gasteiger partial charge in [-0.05, 0) is 36.8 Å². The number of benzene rings is 2. The van der Waals surface area contributed by atoms with Crippen LogP contribution in [0.5, 0.6) is 11.5 Å². The number of amides is 1. The highest BCUT2D eigenvalue weighted by Crippen LogP contribution is 2.28. The number of nitrogens with zero attached hydrogens (tertiary/aromatic N) is 1. The summed E-state index contributed by atoms with van der Waals surface area (Å²) in [4.78, 5) is 16.9. The SMILES string of the molecule is CCNC(=NCC1Cc2ccccc2O1)NCCNC(=O)c1cccc(OC)c1. The van der Waals surface area contributed by atoms with E-state index < -0.39 is 0 Å². The molecule has 29 heavy (non-hydrogen) atoms. The first-order valence-electron chi connectivity index (χ1n) is 9.88. The van der Waals surface area contributed by atoms with Crippen LogP contribution in [0.25, 0.3) is 0 Å². The Bertz CT molecular complexity index is 828. The van der Waals surface area contributed by atoms with Crippen molar-refractivity contribution in [1.29, 1.82) is 0 Å². The molecule has 0 aromatic heterocycles. The predicted octanol–water partition coefficient (Wildman–Crippen LogP) is 1.98. The number of fused-ring (bicyclic) bond motifs is 1. The van der Waals surface area contributed by atoms with Gasteiger partial charge in [0.25, 0.3) is 5.91 Å². The summed E-state index contributed by atoms with van der Waals surface area (Å²) in [5, 5.41) is 9.35. The summed E-state index contributed by atoms with van der Waals surface area (Å²) >= 11 is 0. The second-order valence-electron chi connectivity index (χ2n) is 6.69. The zero-order chi connectivity index (χ0) is 20.5. The van der Waals surface area contributed by atoms with Gasteiger partial charge in [-0.3, -0.25) is 4.79 Å². The Morgan fingerprint density at radius 2 is 1.97 bits per heavy atom. The fourth-order valence-electron chi connectivity index (χ4n) is 3.11. The van der Waals surface area contributed by atoms with E-state index >= 15 is 0 Å². The Morgan fingerprint density at radius 1 is 1.14 bits per heavy atom. The van der Waals surface area contributed by atoms with E-state index in [1.165, 1.54) is 5.56 Å². The second-order valence-corrected chi connectivity index (χ2v) is 6.69. The number of guanidine groups is 1. The summed E-state index contributed by atoms with van der Waals surface area (Å²) < 4.78 is 11.1. The van der Waals surface area contributed by atoms with Crippen LogP contribution in [0.1, 0.15) is 22.8 Å². The molecule has 2 aromatic rings. The molecule has 0 saturated carbocycles. The molecule has 0 bridgehead atoms. The summed E-state index contributed by atoms with van der Waals surface area (Å²) in [6, 6.07) is 15.2. The fourth-order valence-corrected chi connectivity index (χ4v) is 3.11. The van der Waals surface area contributed by atoms with Crippen molar-refractivity contribution in [3.05, 3.63) is 59.7 Å². The topological polar surface area (TPSA) is 84.0 Å².